The Kier molecular flexibility index (Phi) is 4.18. The van der Waals surface area contributed by atoms with Crippen LogP contribution < -0.4 is 0 Å². The van der Waals surface area contributed by atoms with Gasteiger partial charge in [0.15, 0.2) is 0 Å². The molecule has 3 nitrogen and oxygen atoms in total. The lowest BCUT2D eigenvalue weighted by atomic mass is 10.1. The van der Waals surface area contributed by atoms with Gasteiger partial charge in [0, 0.05) is 24.4 Å². The highest BCUT2D eigenvalue weighted by molar-refractivity contribution is 7.10. The average molecular weight is 253 g/mol. The summed E-state index contributed by atoms with van der Waals surface area (Å²) in [5.74, 6) is 0.177. The lowest BCUT2D eigenvalue weighted by Gasteiger charge is -2.30. The molecule has 1 unspecified atom stereocenters. The van der Waals surface area contributed by atoms with Gasteiger partial charge in [0.2, 0.25) is 5.91 Å². The van der Waals surface area contributed by atoms with Gasteiger partial charge in [0.05, 0.1) is 6.10 Å². The standard InChI is InChI=1S/C13H19NO2S/c1-10-6-8-17-12(10)4-5-13(16)14-7-2-3-11(15)9-14/h6,8,11,15H,2-5,7,9H2,1H3. The number of thiophene rings is 1. The maximum atomic E-state index is 12.0. The molecule has 1 aliphatic heterocycles. The molecule has 1 N–H and O–H groups in total. The number of hydrogen-bond donors (Lipinski definition) is 1. The van der Waals surface area contributed by atoms with E-state index in [2.05, 4.69) is 18.4 Å². The van der Waals surface area contributed by atoms with Crippen molar-refractivity contribution in [3.8, 4) is 0 Å². The topological polar surface area (TPSA) is 40.5 Å². The zero-order valence-electron chi connectivity index (χ0n) is 10.2. The van der Waals surface area contributed by atoms with E-state index in [1.807, 2.05) is 0 Å². The van der Waals surface area contributed by atoms with Gasteiger partial charge < -0.3 is 10.0 Å². The van der Waals surface area contributed by atoms with Gasteiger partial charge in [-0.3, -0.25) is 4.79 Å². The highest BCUT2D eigenvalue weighted by Crippen LogP contribution is 2.18. The van der Waals surface area contributed by atoms with Crippen LogP contribution in [0.5, 0.6) is 0 Å². The van der Waals surface area contributed by atoms with Crippen LogP contribution in [-0.2, 0) is 11.2 Å². The monoisotopic (exact) mass is 253 g/mol. The van der Waals surface area contributed by atoms with E-state index in [0.29, 0.717) is 13.0 Å². The largest absolute Gasteiger partial charge is 0.391 e. The molecule has 1 amide bonds. The lowest BCUT2D eigenvalue weighted by Crippen LogP contribution is -2.42. The first-order valence-electron chi connectivity index (χ1n) is 6.15. The van der Waals surface area contributed by atoms with E-state index in [1.165, 1.54) is 10.4 Å². The zero-order valence-corrected chi connectivity index (χ0v) is 11.0. The number of rotatable bonds is 3. The molecule has 2 heterocycles. The van der Waals surface area contributed by atoms with Gasteiger partial charge in [-0.15, -0.1) is 11.3 Å². The number of β-amino-alcohol motifs (C(OH)–C–C–N with tert-alkyl or cyclic N) is 1. The third kappa shape index (κ3) is 3.30. The summed E-state index contributed by atoms with van der Waals surface area (Å²) in [7, 11) is 0. The van der Waals surface area contributed by atoms with Gasteiger partial charge >= 0.3 is 0 Å². The normalized spacial score (nSPS) is 20.6. The molecule has 0 aromatic carbocycles. The van der Waals surface area contributed by atoms with Crippen molar-refractivity contribution in [3.05, 3.63) is 21.9 Å². The summed E-state index contributed by atoms with van der Waals surface area (Å²) < 4.78 is 0. The molecule has 0 spiro atoms. The third-order valence-corrected chi connectivity index (χ3v) is 4.37. The van der Waals surface area contributed by atoms with Crippen molar-refractivity contribution < 1.29 is 9.90 Å². The summed E-state index contributed by atoms with van der Waals surface area (Å²) in [4.78, 5) is 15.1. The minimum Gasteiger partial charge on any atom is -0.391 e. The highest BCUT2D eigenvalue weighted by atomic mass is 32.1. The van der Waals surface area contributed by atoms with E-state index in [1.54, 1.807) is 16.2 Å². The summed E-state index contributed by atoms with van der Waals surface area (Å²) in [6.45, 7) is 3.41. The van der Waals surface area contributed by atoms with E-state index in [-0.39, 0.29) is 12.0 Å². The zero-order chi connectivity index (χ0) is 12.3. The predicted molar refractivity (Wildman–Crippen MR) is 69.2 cm³/mol. The van der Waals surface area contributed by atoms with Gasteiger partial charge in [-0.2, -0.15) is 0 Å². The number of hydrogen-bond acceptors (Lipinski definition) is 3. The number of carbonyl (C=O) groups is 1. The van der Waals surface area contributed by atoms with Crippen molar-refractivity contribution in [2.24, 2.45) is 0 Å². The van der Waals surface area contributed by atoms with Crippen LogP contribution in [-0.4, -0.2) is 35.1 Å². The molecule has 0 bridgehead atoms. The summed E-state index contributed by atoms with van der Waals surface area (Å²) in [6.07, 6.45) is 2.82. The van der Waals surface area contributed by atoms with E-state index in [0.717, 1.165) is 25.8 Å². The summed E-state index contributed by atoms with van der Waals surface area (Å²) in [5.41, 5.74) is 1.28. The first-order valence-corrected chi connectivity index (χ1v) is 7.03. The smallest absolute Gasteiger partial charge is 0.223 e. The van der Waals surface area contributed by atoms with E-state index >= 15 is 0 Å². The quantitative estimate of drug-likeness (QED) is 0.894. The maximum Gasteiger partial charge on any atom is 0.223 e. The molecule has 94 valence electrons. The molecule has 17 heavy (non-hydrogen) atoms. The Balaban J connectivity index is 1.83. The Hall–Kier alpha value is -0.870. The average Bonchev–Trinajstić information content (AvgIpc) is 2.72. The molecule has 0 aliphatic carbocycles. The minimum atomic E-state index is -0.323. The summed E-state index contributed by atoms with van der Waals surface area (Å²) >= 11 is 1.72. The first-order chi connectivity index (χ1) is 8.16. The fourth-order valence-electron chi connectivity index (χ4n) is 2.22. The number of aliphatic hydroxyl groups excluding tert-OH is 1. The van der Waals surface area contributed by atoms with Crippen molar-refractivity contribution >= 4 is 17.2 Å². The van der Waals surface area contributed by atoms with Gasteiger partial charge in [0.1, 0.15) is 0 Å². The minimum absolute atomic E-state index is 0.177. The van der Waals surface area contributed by atoms with Crippen LogP contribution in [0.1, 0.15) is 29.7 Å². The van der Waals surface area contributed by atoms with Crippen molar-refractivity contribution in [1.82, 2.24) is 4.90 Å². The van der Waals surface area contributed by atoms with Crippen LogP contribution in [0.4, 0.5) is 0 Å². The number of piperidine rings is 1. The van der Waals surface area contributed by atoms with Crippen molar-refractivity contribution in [3.63, 3.8) is 0 Å². The molecular formula is C13H19NO2S. The lowest BCUT2D eigenvalue weighted by molar-refractivity contribution is -0.134. The van der Waals surface area contributed by atoms with Crippen LogP contribution in [0.2, 0.25) is 0 Å². The molecule has 1 aliphatic rings. The molecule has 4 heteroatoms. The van der Waals surface area contributed by atoms with Crippen molar-refractivity contribution in [1.29, 1.82) is 0 Å². The second-order valence-corrected chi connectivity index (χ2v) is 5.66. The predicted octanol–water partition coefficient (Wildman–Crippen LogP) is 1.97. The Morgan fingerprint density at radius 2 is 2.47 bits per heavy atom. The van der Waals surface area contributed by atoms with Crippen LogP contribution in [0, 0.1) is 6.92 Å². The summed E-state index contributed by atoms with van der Waals surface area (Å²) in [6, 6.07) is 2.09. The van der Waals surface area contributed by atoms with Crippen LogP contribution in [0.25, 0.3) is 0 Å². The SMILES string of the molecule is Cc1ccsc1CCC(=O)N1CCCC(O)C1. The van der Waals surface area contributed by atoms with Gasteiger partial charge in [-0.1, -0.05) is 0 Å². The molecule has 1 saturated heterocycles. The van der Waals surface area contributed by atoms with E-state index < -0.39 is 0 Å². The van der Waals surface area contributed by atoms with Crippen molar-refractivity contribution in [2.45, 2.75) is 38.7 Å². The van der Waals surface area contributed by atoms with Crippen LogP contribution in [0.15, 0.2) is 11.4 Å². The van der Waals surface area contributed by atoms with E-state index in [9.17, 15) is 9.90 Å². The fraction of sp³-hybridized carbons (Fsp3) is 0.615. The molecule has 1 atom stereocenters. The molecule has 0 saturated carbocycles. The second kappa shape index (κ2) is 5.65. The molecular weight excluding hydrogens is 234 g/mol. The van der Waals surface area contributed by atoms with Gasteiger partial charge in [-0.25, -0.2) is 0 Å². The number of aliphatic hydroxyl groups is 1. The number of carbonyl (C=O) groups excluding carboxylic acids is 1. The molecule has 1 fully saturated rings. The number of nitrogens with zero attached hydrogens (tertiary/aromatic N) is 1. The van der Waals surface area contributed by atoms with Crippen molar-refractivity contribution in [2.75, 3.05) is 13.1 Å². The maximum absolute atomic E-state index is 12.0. The molecule has 1 aromatic rings. The Morgan fingerprint density at radius 3 is 3.12 bits per heavy atom. The molecule has 2 rings (SSSR count). The van der Waals surface area contributed by atoms with Crippen LogP contribution >= 0.6 is 11.3 Å². The molecule has 0 radical (unpaired) electrons. The number of amides is 1. The Labute approximate surface area is 106 Å². The summed E-state index contributed by atoms with van der Waals surface area (Å²) in [5, 5.41) is 11.6. The van der Waals surface area contributed by atoms with Gasteiger partial charge in [-0.05, 0) is 43.2 Å². The number of aryl methyl sites for hydroxylation is 2. The highest BCUT2D eigenvalue weighted by Gasteiger charge is 2.21. The van der Waals surface area contributed by atoms with Gasteiger partial charge in [0.25, 0.3) is 0 Å². The Morgan fingerprint density at radius 1 is 1.65 bits per heavy atom. The third-order valence-electron chi connectivity index (χ3n) is 3.28. The fourth-order valence-corrected chi connectivity index (χ4v) is 3.13. The second-order valence-electron chi connectivity index (χ2n) is 4.66. The van der Waals surface area contributed by atoms with Crippen LogP contribution in [0.3, 0.4) is 0 Å². The Bertz CT molecular complexity index is 389. The first kappa shape index (κ1) is 12.6. The molecule has 1 aromatic heterocycles. The number of likely N-dealkylation sites (tertiary alicyclic amines) is 1. The van der Waals surface area contributed by atoms with E-state index in [4.69, 9.17) is 0 Å².